The highest BCUT2D eigenvalue weighted by Crippen LogP contribution is 2.38. The van der Waals surface area contributed by atoms with Crippen LogP contribution in [0, 0.1) is 12.8 Å². The van der Waals surface area contributed by atoms with Crippen LogP contribution in [0.25, 0.3) is 32.2 Å². The van der Waals surface area contributed by atoms with Gasteiger partial charge in [-0.3, -0.25) is 34.6 Å². The molecule has 7 aromatic rings. The summed E-state index contributed by atoms with van der Waals surface area (Å²) in [6.07, 6.45) is 9.50. The largest absolute Gasteiger partial charge is 0.490 e. The van der Waals surface area contributed by atoms with E-state index in [1.807, 2.05) is 85.4 Å². The fourth-order valence-electron chi connectivity index (χ4n) is 11.8. The van der Waals surface area contributed by atoms with Crippen LogP contribution in [0.5, 0.6) is 5.75 Å². The first kappa shape index (κ1) is 49.1. The summed E-state index contributed by atoms with van der Waals surface area (Å²) in [6.45, 7) is 9.36. The number of thiazole rings is 1. The molecule has 2 saturated heterocycles. The summed E-state index contributed by atoms with van der Waals surface area (Å²) in [7, 11) is 1.92. The number of carbonyl (C=O) groups excluding carboxylic acids is 3. The molecule has 0 spiro atoms. The highest BCUT2D eigenvalue weighted by atomic mass is 32.1. The van der Waals surface area contributed by atoms with Crippen molar-refractivity contribution in [2.45, 2.75) is 103 Å². The topological polar surface area (TPSA) is 175 Å². The number of piperazine rings is 1. The van der Waals surface area contributed by atoms with E-state index < -0.39 is 11.9 Å². The van der Waals surface area contributed by atoms with Crippen molar-refractivity contribution < 1.29 is 29.0 Å². The predicted octanol–water partition coefficient (Wildman–Crippen LogP) is 9.91. The lowest BCUT2D eigenvalue weighted by Crippen LogP contribution is -2.49. The zero-order chi connectivity index (χ0) is 51.0. The molecule has 3 aromatic heterocycles. The van der Waals surface area contributed by atoms with Gasteiger partial charge in [-0.2, -0.15) is 5.10 Å². The number of amides is 3. The Morgan fingerprint density at radius 2 is 1.68 bits per heavy atom. The number of nitrogens with one attached hydrogen (secondary N) is 2. The second kappa shape index (κ2) is 21.0. The molecule has 15 nitrogen and oxygen atoms in total. The second-order valence-corrected chi connectivity index (χ2v) is 21.7. The Hall–Kier alpha value is -7.17. The van der Waals surface area contributed by atoms with Crippen molar-refractivity contribution in [2.24, 2.45) is 13.0 Å². The van der Waals surface area contributed by atoms with E-state index in [0.717, 1.165) is 107 Å². The number of piperidine rings is 1. The van der Waals surface area contributed by atoms with Gasteiger partial charge < -0.3 is 19.6 Å². The first-order chi connectivity index (χ1) is 35.9. The summed E-state index contributed by atoms with van der Waals surface area (Å²) >= 11 is 1.44. The number of aryl methyl sites for hydroxylation is 1. The summed E-state index contributed by atoms with van der Waals surface area (Å²) in [5, 5.41) is 22.3. The van der Waals surface area contributed by atoms with Gasteiger partial charge in [0, 0.05) is 81.0 Å². The van der Waals surface area contributed by atoms with Crippen LogP contribution in [0.15, 0.2) is 91.0 Å². The quantitative estimate of drug-likeness (QED) is 0.0881. The standard InChI is InChI=1S/C58H63N9O6S/c1-35(65-29-31-66(32-30-65)39-19-22-44-48(33-39)64(3)63-53(44)45-24-26-52(68)61-56(45)70)9-6-10-37-17-20-40(21-18-37)73-49-15-8-12-41(36(49)2)42-23-25-51(60-54(42)57(71)72)67-28-27-38-11-7-13-43(46(38)34-67)55(69)62-58-59-47-14-4-5-16-50(47)74-58/h4-5,7-8,11-16,19,22-23,25,33,35,37,40,45H,6,9-10,17-18,20-21,24,26-32,34H2,1-3H3,(H,71,72)(H,59,62,69)(H,61,68,70)/t35-,37?,40?,45-/m1/s1. The number of rotatable bonds is 14. The molecule has 74 heavy (non-hydrogen) atoms. The summed E-state index contributed by atoms with van der Waals surface area (Å²) in [5.41, 5.74) is 8.52. The van der Waals surface area contributed by atoms with Crippen LogP contribution in [0.3, 0.4) is 0 Å². The Morgan fingerprint density at radius 3 is 2.47 bits per heavy atom. The Labute approximate surface area is 434 Å². The third kappa shape index (κ3) is 10.1. The number of nitrogens with zero attached hydrogens (tertiary/aromatic N) is 7. The van der Waals surface area contributed by atoms with Crippen LogP contribution in [0.1, 0.15) is 114 Å². The number of benzene rings is 4. The average Bonchev–Trinajstić information content (AvgIpc) is 3.98. The number of aromatic nitrogens is 4. The predicted molar refractivity (Wildman–Crippen MR) is 289 cm³/mol. The lowest BCUT2D eigenvalue weighted by molar-refractivity contribution is -0.134. The van der Waals surface area contributed by atoms with Crippen LogP contribution in [0.4, 0.5) is 16.6 Å². The van der Waals surface area contributed by atoms with Gasteiger partial charge in [-0.05, 0) is 142 Å². The van der Waals surface area contributed by atoms with Crippen molar-refractivity contribution >= 4 is 72.8 Å². The molecule has 3 amide bonds. The molecule has 0 unspecified atom stereocenters. The van der Waals surface area contributed by atoms with Gasteiger partial charge in [-0.25, -0.2) is 14.8 Å². The van der Waals surface area contributed by atoms with Crippen molar-refractivity contribution in [1.29, 1.82) is 0 Å². The number of hydrogen-bond donors (Lipinski definition) is 3. The summed E-state index contributed by atoms with van der Waals surface area (Å²) in [6, 6.07) is 30.2. The molecular weight excluding hydrogens is 951 g/mol. The van der Waals surface area contributed by atoms with Gasteiger partial charge in [0.2, 0.25) is 11.8 Å². The number of carboxylic acids is 1. The number of aromatic carboxylic acids is 1. The Morgan fingerprint density at radius 1 is 0.865 bits per heavy atom. The van der Waals surface area contributed by atoms with E-state index in [4.69, 9.17) is 14.8 Å². The summed E-state index contributed by atoms with van der Waals surface area (Å²) < 4.78 is 9.56. The number of carbonyl (C=O) groups is 4. The molecule has 3 N–H and O–H groups in total. The highest BCUT2D eigenvalue weighted by Gasteiger charge is 2.33. The van der Waals surface area contributed by atoms with Crippen molar-refractivity contribution in [2.75, 3.05) is 47.8 Å². The molecule has 1 saturated carbocycles. The minimum absolute atomic E-state index is 0.0175. The Kier molecular flexibility index (Phi) is 13.9. The number of pyridine rings is 1. The van der Waals surface area contributed by atoms with Crippen molar-refractivity contribution in [1.82, 2.24) is 30.0 Å². The van der Waals surface area contributed by atoms with E-state index in [9.17, 15) is 24.3 Å². The number of para-hydroxylation sites is 1. The van der Waals surface area contributed by atoms with Gasteiger partial charge in [0.25, 0.3) is 5.91 Å². The van der Waals surface area contributed by atoms with Crippen LogP contribution < -0.4 is 25.2 Å². The van der Waals surface area contributed by atoms with Crippen molar-refractivity contribution in [3.05, 3.63) is 125 Å². The Bertz CT molecular complexity index is 3250. The van der Waals surface area contributed by atoms with Gasteiger partial charge >= 0.3 is 5.97 Å². The molecule has 3 aliphatic heterocycles. The maximum Gasteiger partial charge on any atom is 0.355 e. The van der Waals surface area contributed by atoms with E-state index in [1.165, 1.54) is 36.3 Å². The second-order valence-electron chi connectivity index (χ2n) is 20.6. The SMILES string of the molecule is Cc1c(OC2CCC(CCC[C@@H](C)N3CCN(c4ccc5c([C@H]6CCC(=O)NC6=O)nn(C)c5c4)CC3)CC2)cccc1-c1ccc(N2CCc3cccc(C(=O)Nc4nc5ccccc5s4)c3C2)nc1C(=O)O. The zero-order valence-electron chi connectivity index (χ0n) is 42.3. The normalized spacial score (nSPS) is 19.9. The average molecular weight is 1010 g/mol. The maximum atomic E-state index is 13.7. The fraction of sp³-hybridized carbons (Fsp3) is 0.397. The van der Waals surface area contributed by atoms with Crippen LogP contribution in [-0.2, 0) is 29.6 Å². The minimum atomic E-state index is -1.10. The monoisotopic (exact) mass is 1010 g/mol. The van der Waals surface area contributed by atoms with Crippen LogP contribution in [0.2, 0.25) is 0 Å². The first-order valence-electron chi connectivity index (χ1n) is 26.3. The maximum absolute atomic E-state index is 13.7. The summed E-state index contributed by atoms with van der Waals surface area (Å²) in [5.74, 6) is -0.191. The number of fused-ring (bicyclic) bond motifs is 3. The van der Waals surface area contributed by atoms with Crippen LogP contribution >= 0.6 is 11.3 Å². The minimum Gasteiger partial charge on any atom is -0.490 e. The molecule has 382 valence electrons. The van der Waals surface area contributed by atoms with Crippen LogP contribution in [-0.4, -0.2) is 98.3 Å². The third-order valence-electron chi connectivity index (χ3n) is 16.1. The molecule has 4 aliphatic rings. The van der Waals surface area contributed by atoms with E-state index in [2.05, 4.69) is 61.5 Å². The lowest BCUT2D eigenvalue weighted by atomic mass is 9.84. The van der Waals surface area contributed by atoms with Gasteiger partial charge in [-0.1, -0.05) is 60.6 Å². The molecule has 2 atom stereocenters. The van der Waals surface area contributed by atoms with Gasteiger partial charge in [0.15, 0.2) is 10.8 Å². The van der Waals surface area contributed by atoms with Gasteiger partial charge in [-0.15, -0.1) is 0 Å². The molecule has 3 fully saturated rings. The molecule has 6 heterocycles. The van der Waals surface area contributed by atoms with Gasteiger partial charge in [0.1, 0.15) is 11.6 Å². The van der Waals surface area contributed by atoms with E-state index >= 15 is 0 Å². The Balaban J connectivity index is 0.656. The third-order valence-corrected chi connectivity index (χ3v) is 17.0. The molecule has 4 aromatic carbocycles. The molecule has 0 bridgehead atoms. The number of imide groups is 1. The molecule has 1 aliphatic carbocycles. The number of anilines is 3. The lowest BCUT2D eigenvalue weighted by Gasteiger charge is -2.39. The molecule has 16 heteroatoms. The number of hydrogen-bond acceptors (Lipinski definition) is 12. The smallest absolute Gasteiger partial charge is 0.355 e. The van der Waals surface area contributed by atoms with E-state index in [-0.39, 0.29) is 29.5 Å². The van der Waals surface area contributed by atoms with Gasteiger partial charge in [0.05, 0.1) is 33.4 Å². The number of carboxylic acid groups (broad SMARTS) is 1. The van der Waals surface area contributed by atoms with E-state index in [0.29, 0.717) is 66.4 Å². The molecule has 11 rings (SSSR count). The number of ether oxygens (including phenoxy) is 1. The van der Waals surface area contributed by atoms with Crippen molar-refractivity contribution in [3.8, 4) is 16.9 Å². The fourth-order valence-corrected chi connectivity index (χ4v) is 12.7. The highest BCUT2D eigenvalue weighted by molar-refractivity contribution is 7.22. The van der Waals surface area contributed by atoms with E-state index in [1.54, 1.807) is 0 Å². The molecular formula is C58H63N9O6S. The zero-order valence-corrected chi connectivity index (χ0v) is 43.1. The first-order valence-corrected chi connectivity index (χ1v) is 27.1. The summed E-state index contributed by atoms with van der Waals surface area (Å²) in [4.78, 5) is 67.4. The van der Waals surface area contributed by atoms with Crippen molar-refractivity contribution in [3.63, 3.8) is 0 Å². The molecule has 0 radical (unpaired) electrons.